The molecule has 3 rings (SSSR count). The molecule has 2 aromatic carbocycles. The minimum Gasteiger partial charge on any atom is -0.339 e. The van der Waals surface area contributed by atoms with Gasteiger partial charge >= 0.3 is 0 Å². The summed E-state index contributed by atoms with van der Waals surface area (Å²) < 4.78 is 25.6. The molecular formula is C23H29N3O3S. The Morgan fingerprint density at radius 1 is 0.967 bits per heavy atom. The number of piperazine rings is 1. The second kappa shape index (κ2) is 10.5. The van der Waals surface area contributed by atoms with Crippen molar-refractivity contribution in [3.63, 3.8) is 0 Å². The standard InChI is InChI=1S/C23H29N3O3S/c1-30(28,29)26(19-22-11-6-3-7-12-22)20-23(27)25-17-15-24(16-18-25)14-8-13-21-9-4-2-5-10-21/h2-13H,14-20H2,1H3/b13-8+. The molecule has 0 saturated carbocycles. The van der Waals surface area contributed by atoms with Crippen LogP contribution in [0.5, 0.6) is 0 Å². The zero-order chi connectivity index (χ0) is 21.4. The fourth-order valence-corrected chi connectivity index (χ4v) is 4.14. The number of sulfonamides is 1. The van der Waals surface area contributed by atoms with Crippen molar-refractivity contribution in [2.45, 2.75) is 6.54 Å². The van der Waals surface area contributed by atoms with E-state index in [-0.39, 0.29) is 19.0 Å². The third-order valence-corrected chi connectivity index (χ3v) is 6.38. The minimum absolute atomic E-state index is 0.123. The number of nitrogens with zero attached hydrogens (tertiary/aromatic N) is 3. The molecule has 6 nitrogen and oxygen atoms in total. The quantitative estimate of drug-likeness (QED) is 0.649. The van der Waals surface area contributed by atoms with Crippen LogP contribution < -0.4 is 0 Å². The molecule has 1 aliphatic heterocycles. The van der Waals surface area contributed by atoms with Gasteiger partial charge in [-0.25, -0.2) is 8.42 Å². The summed E-state index contributed by atoms with van der Waals surface area (Å²) in [6.07, 6.45) is 5.39. The Kier molecular flexibility index (Phi) is 7.79. The van der Waals surface area contributed by atoms with Gasteiger partial charge in [-0.05, 0) is 11.1 Å². The predicted molar refractivity (Wildman–Crippen MR) is 120 cm³/mol. The van der Waals surface area contributed by atoms with Crippen LogP contribution in [0.3, 0.4) is 0 Å². The van der Waals surface area contributed by atoms with E-state index in [0.717, 1.165) is 31.5 Å². The maximum atomic E-state index is 12.7. The first-order valence-corrected chi connectivity index (χ1v) is 12.0. The number of rotatable bonds is 8. The van der Waals surface area contributed by atoms with Gasteiger partial charge in [-0.1, -0.05) is 72.8 Å². The average molecular weight is 428 g/mol. The molecule has 0 unspecified atom stereocenters. The van der Waals surface area contributed by atoms with E-state index in [1.54, 1.807) is 4.90 Å². The summed E-state index contributed by atoms with van der Waals surface area (Å²) in [4.78, 5) is 16.8. The van der Waals surface area contributed by atoms with Crippen LogP contribution >= 0.6 is 0 Å². The van der Waals surface area contributed by atoms with Crippen molar-refractivity contribution in [2.75, 3.05) is 45.5 Å². The first-order valence-electron chi connectivity index (χ1n) is 10.1. The SMILES string of the molecule is CS(=O)(=O)N(CC(=O)N1CCN(C/C=C/c2ccccc2)CC1)Cc1ccccc1. The Morgan fingerprint density at radius 2 is 1.57 bits per heavy atom. The molecule has 7 heteroatoms. The Bertz CT molecular complexity index is 938. The highest BCUT2D eigenvalue weighted by Crippen LogP contribution is 2.11. The number of hydrogen-bond acceptors (Lipinski definition) is 4. The van der Waals surface area contributed by atoms with E-state index >= 15 is 0 Å². The van der Waals surface area contributed by atoms with Crippen molar-refractivity contribution < 1.29 is 13.2 Å². The summed E-state index contributed by atoms with van der Waals surface area (Å²) in [6.45, 7) is 3.70. The van der Waals surface area contributed by atoms with E-state index in [1.165, 1.54) is 9.87 Å². The molecule has 0 bridgehead atoms. The second-order valence-electron chi connectivity index (χ2n) is 7.51. The van der Waals surface area contributed by atoms with Gasteiger partial charge in [0.1, 0.15) is 0 Å². The molecule has 1 saturated heterocycles. The predicted octanol–water partition coefficient (Wildman–Crippen LogP) is 2.31. The molecule has 0 N–H and O–H groups in total. The van der Waals surface area contributed by atoms with Crippen LogP contribution in [0.15, 0.2) is 66.7 Å². The van der Waals surface area contributed by atoms with Crippen molar-refractivity contribution in [1.29, 1.82) is 0 Å². The summed E-state index contributed by atoms with van der Waals surface area (Å²) in [5.74, 6) is -0.143. The van der Waals surface area contributed by atoms with Crippen LogP contribution in [0.1, 0.15) is 11.1 Å². The van der Waals surface area contributed by atoms with E-state index < -0.39 is 10.0 Å². The van der Waals surface area contributed by atoms with Crippen molar-refractivity contribution >= 4 is 22.0 Å². The molecule has 0 aliphatic carbocycles. The number of carbonyl (C=O) groups is 1. The number of hydrogen-bond donors (Lipinski definition) is 0. The first kappa shape index (κ1) is 22.2. The first-order chi connectivity index (χ1) is 14.4. The highest BCUT2D eigenvalue weighted by atomic mass is 32.2. The molecule has 0 aromatic heterocycles. The maximum absolute atomic E-state index is 12.7. The molecule has 1 aliphatic rings. The molecule has 0 radical (unpaired) electrons. The Balaban J connectivity index is 1.49. The van der Waals surface area contributed by atoms with Crippen LogP contribution in [0.4, 0.5) is 0 Å². The van der Waals surface area contributed by atoms with Gasteiger partial charge in [0.05, 0.1) is 12.8 Å². The van der Waals surface area contributed by atoms with E-state index in [0.29, 0.717) is 13.1 Å². The summed E-state index contributed by atoms with van der Waals surface area (Å²) in [7, 11) is -3.48. The zero-order valence-corrected chi connectivity index (χ0v) is 18.2. The van der Waals surface area contributed by atoms with Crippen LogP contribution in [0.25, 0.3) is 6.08 Å². The molecule has 0 atom stereocenters. The topological polar surface area (TPSA) is 60.9 Å². The lowest BCUT2D eigenvalue weighted by molar-refractivity contribution is -0.133. The lowest BCUT2D eigenvalue weighted by Crippen LogP contribution is -2.51. The second-order valence-corrected chi connectivity index (χ2v) is 9.49. The van der Waals surface area contributed by atoms with Crippen LogP contribution in [0, 0.1) is 0 Å². The molecule has 1 fully saturated rings. The van der Waals surface area contributed by atoms with E-state index in [1.807, 2.05) is 48.5 Å². The van der Waals surface area contributed by atoms with Gasteiger partial charge in [0.25, 0.3) is 0 Å². The molecule has 2 aromatic rings. The van der Waals surface area contributed by atoms with E-state index in [9.17, 15) is 13.2 Å². The van der Waals surface area contributed by atoms with Crippen LogP contribution in [-0.4, -0.2) is 74.0 Å². The van der Waals surface area contributed by atoms with Gasteiger partial charge in [-0.15, -0.1) is 0 Å². The summed E-state index contributed by atoms with van der Waals surface area (Å²) in [6, 6.07) is 19.5. The maximum Gasteiger partial charge on any atom is 0.237 e. The average Bonchev–Trinajstić information content (AvgIpc) is 2.74. The Labute approximate surface area is 179 Å². The zero-order valence-electron chi connectivity index (χ0n) is 17.4. The third-order valence-electron chi connectivity index (χ3n) is 5.18. The summed E-state index contributed by atoms with van der Waals surface area (Å²) in [5, 5.41) is 0. The molecule has 1 heterocycles. The van der Waals surface area contributed by atoms with Gasteiger partial charge < -0.3 is 4.90 Å². The Morgan fingerprint density at radius 3 is 2.17 bits per heavy atom. The van der Waals surface area contributed by atoms with Gasteiger partial charge in [0, 0.05) is 39.3 Å². The number of amides is 1. The van der Waals surface area contributed by atoms with Gasteiger partial charge in [-0.3, -0.25) is 9.69 Å². The monoisotopic (exact) mass is 427 g/mol. The molecule has 1 amide bonds. The summed E-state index contributed by atoms with van der Waals surface area (Å²) >= 11 is 0. The normalized spacial score (nSPS) is 15.7. The smallest absolute Gasteiger partial charge is 0.237 e. The summed E-state index contributed by atoms with van der Waals surface area (Å²) in [5.41, 5.74) is 2.04. The van der Waals surface area contributed by atoms with Crippen molar-refractivity contribution in [3.05, 3.63) is 77.9 Å². The van der Waals surface area contributed by atoms with Gasteiger partial charge in [0.2, 0.25) is 15.9 Å². The molecular weight excluding hydrogens is 398 g/mol. The fraction of sp³-hybridized carbons (Fsp3) is 0.348. The largest absolute Gasteiger partial charge is 0.339 e. The highest BCUT2D eigenvalue weighted by Gasteiger charge is 2.26. The number of carbonyl (C=O) groups excluding carboxylic acids is 1. The van der Waals surface area contributed by atoms with E-state index in [4.69, 9.17) is 0 Å². The third kappa shape index (κ3) is 6.79. The van der Waals surface area contributed by atoms with Gasteiger partial charge in [0.15, 0.2) is 0 Å². The lowest BCUT2D eigenvalue weighted by atomic mass is 10.2. The van der Waals surface area contributed by atoms with Crippen molar-refractivity contribution in [1.82, 2.24) is 14.1 Å². The van der Waals surface area contributed by atoms with Crippen molar-refractivity contribution in [3.8, 4) is 0 Å². The van der Waals surface area contributed by atoms with Crippen molar-refractivity contribution in [2.24, 2.45) is 0 Å². The molecule has 30 heavy (non-hydrogen) atoms. The minimum atomic E-state index is -3.48. The van der Waals surface area contributed by atoms with E-state index in [2.05, 4.69) is 29.2 Å². The molecule has 160 valence electrons. The molecule has 0 spiro atoms. The van der Waals surface area contributed by atoms with Crippen LogP contribution in [-0.2, 0) is 21.4 Å². The van der Waals surface area contributed by atoms with Gasteiger partial charge in [-0.2, -0.15) is 4.31 Å². The van der Waals surface area contributed by atoms with Crippen LogP contribution in [0.2, 0.25) is 0 Å². The Hall–Kier alpha value is -2.48. The number of benzene rings is 2. The highest BCUT2D eigenvalue weighted by molar-refractivity contribution is 7.88. The fourth-order valence-electron chi connectivity index (χ4n) is 3.41. The lowest BCUT2D eigenvalue weighted by Gasteiger charge is -2.35.